The van der Waals surface area contributed by atoms with Crippen molar-refractivity contribution < 1.29 is 13.2 Å². The van der Waals surface area contributed by atoms with Gasteiger partial charge in [0, 0.05) is 46.0 Å². The molecule has 2 aliphatic rings. The van der Waals surface area contributed by atoms with Gasteiger partial charge in [-0.3, -0.25) is 0 Å². The fraction of sp³-hybridized carbons (Fsp3) is 0.667. The molecule has 0 radical (unpaired) electrons. The van der Waals surface area contributed by atoms with E-state index in [-0.39, 0.29) is 23.5 Å². The van der Waals surface area contributed by atoms with Crippen molar-refractivity contribution in [2.24, 2.45) is 5.92 Å². The van der Waals surface area contributed by atoms with Gasteiger partial charge < -0.3 is 14.7 Å². The van der Waals surface area contributed by atoms with Crippen LogP contribution in [0.1, 0.15) is 6.42 Å². The molecule has 3 heterocycles. The van der Waals surface area contributed by atoms with Crippen LogP contribution in [0.15, 0.2) is 18.6 Å². The van der Waals surface area contributed by atoms with Gasteiger partial charge in [0.1, 0.15) is 12.1 Å². The van der Waals surface area contributed by atoms with Gasteiger partial charge in [-0.25, -0.2) is 23.2 Å². The summed E-state index contributed by atoms with van der Waals surface area (Å²) in [4.78, 5) is 26.3. The Bertz CT molecular complexity index is 674. The maximum absolute atomic E-state index is 12.5. The first-order chi connectivity index (χ1) is 11.4. The lowest BCUT2D eigenvalue weighted by atomic mass is 10.1. The van der Waals surface area contributed by atoms with E-state index in [4.69, 9.17) is 0 Å². The Morgan fingerprint density at radius 2 is 2.08 bits per heavy atom. The number of carbonyl (C=O) groups is 1. The molecular formula is C15H23N5O3S. The van der Waals surface area contributed by atoms with Crippen molar-refractivity contribution in [3.8, 4) is 0 Å². The number of rotatable bonds is 3. The lowest BCUT2D eigenvalue weighted by Gasteiger charge is -2.37. The summed E-state index contributed by atoms with van der Waals surface area (Å²) >= 11 is 0. The zero-order valence-corrected chi connectivity index (χ0v) is 14.7. The van der Waals surface area contributed by atoms with Crippen LogP contribution >= 0.6 is 0 Å². The maximum atomic E-state index is 12.5. The van der Waals surface area contributed by atoms with E-state index in [1.807, 2.05) is 11.0 Å². The lowest BCUT2D eigenvalue weighted by molar-refractivity contribution is 0.154. The van der Waals surface area contributed by atoms with E-state index >= 15 is 0 Å². The molecule has 2 fully saturated rings. The predicted octanol–water partition coefficient (Wildman–Crippen LogP) is 0.0851. The summed E-state index contributed by atoms with van der Waals surface area (Å²) in [6.07, 6.45) is 3.89. The molecule has 1 aromatic rings. The van der Waals surface area contributed by atoms with Crippen molar-refractivity contribution in [3.63, 3.8) is 0 Å². The molecule has 0 N–H and O–H groups in total. The largest absolute Gasteiger partial charge is 0.353 e. The number of aromatic nitrogens is 2. The monoisotopic (exact) mass is 353 g/mol. The molecule has 24 heavy (non-hydrogen) atoms. The molecule has 1 atom stereocenters. The Morgan fingerprint density at radius 3 is 2.67 bits per heavy atom. The van der Waals surface area contributed by atoms with Gasteiger partial charge in [-0.2, -0.15) is 0 Å². The van der Waals surface area contributed by atoms with E-state index in [0.29, 0.717) is 26.1 Å². The van der Waals surface area contributed by atoms with Crippen LogP contribution in [0.2, 0.25) is 0 Å². The molecule has 0 spiro atoms. The summed E-state index contributed by atoms with van der Waals surface area (Å²) < 4.78 is 23.1. The Hall–Kier alpha value is -1.90. The predicted molar refractivity (Wildman–Crippen MR) is 90.6 cm³/mol. The van der Waals surface area contributed by atoms with Crippen molar-refractivity contribution in [3.05, 3.63) is 18.6 Å². The maximum Gasteiger partial charge on any atom is 0.319 e. The van der Waals surface area contributed by atoms with Gasteiger partial charge in [-0.15, -0.1) is 0 Å². The van der Waals surface area contributed by atoms with Crippen molar-refractivity contribution in [2.45, 2.75) is 6.42 Å². The third kappa shape index (κ3) is 3.95. The highest BCUT2D eigenvalue weighted by Gasteiger charge is 2.31. The summed E-state index contributed by atoms with van der Waals surface area (Å²) in [6.45, 7) is 3.24. The highest BCUT2D eigenvalue weighted by molar-refractivity contribution is 7.91. The Kier molecular flexibility index (Phi) is 4.88. The second-order valence-electron chi connectivity index (χ2n) is 6.47. The first-order valence-corrected chi connectivity index (χ1v) is 9.98. The molecule has 0 saturated carbocycles. The van der Waals surface area contributed by atoms with Crippen LogP contribution in [0.4, 0.5) is 10.6 Å². The highest BCUT2D eigenvalue weighted by atomic mass is 32.2. The number of hydrogen-bond donors (Lipinski definition) is 0. The zero-order chi connectivity index (χ0) is 17.2. The lowest BCUT2D eigenvalue weighted by Crippen LogP contribution is -2.53. The minimum atomic E-state index is -2.90. The minimum absolute atomic E-state index is 0.0263. The van der Waals surface area contributed by atoms with E-state index in [1.54, 1.807) is 18.1 Å². The van der Waals surface area contributed by atoms with Crippen molar-refractivity contribution in [1.29, 1.82) is 0 Å². The molecule has 1 aromatic heterocycles. The van der Waals surface area contributed by atoms with Gasteiger partial charge in [0.2, 0.25) is 0 Å². The van der Waals surface area contributed by atoms with Gasteiger partial charge in [0.25, 0.3) is 0 Å². The first-order valence-electron chi connectivity index (χ1n) is 8.16. The van der Waals surface area contributed by atoms with Crippen LogP contribution in [-0.2, 0) is 9.84 Å². The number of piperazine rings is 1. The van der Waals surface area contributed by atoms with E-state index in [1.165, 1.54) is 6.33 Å². The third-order valence-corrected chi connectivity index (χ3v) is 6.46. The summed E-state index contributed by atoms with van der Waals surface area (Å²) in [6, 6.07) is 1.84. The first kappa shape index (κ1) is 16.9. The van der Waals surface area contributed by atoms with Gasteiger partial charge >= 0.3 is 6.03 Å². The quantitative estimate of drug-likeness (QED) is 0.765. The molecule has 2 aliphatic heterocycles. The minimum Gasteiger partial charge on any atom is -0.353 e. The molecule has 0 bridgehead atoms. The van der Waals surface area contributed by atoms with Crippen molar-refractivity contribution in [2.75, 3.05) is 56.2 Å². The SMILES string of the molecule is CN(CC1CCS(=O)(=O)C1)C(=O)N1CCN(c2ccncn2)CC1. The smallest absolute Gasteiger partial charge is 0.319 e. The second kappa shape index (κ2) is 6.92. The Balaban J connectivity index is 1.50. The van der Waals surface area contributed by atoms with Gasteiger partial charge in [-0.1, -0.05) is 0 Å². The summed E-state index contributed by atoms with van der Waals surface area (Å²) in [5, 5.41) is 0. The molecule has 9 heteroatoms. The molecule has 2 saturated heterocycles. The summed E-state index contributed by atoms with van der Waals surface area (Å²) in [7, 11) is -1.15. The molecule has 132 valence electrons. The number of carbonyl (C=O) groups excluding carboxylic acids is 1. The van der Waals surface area contributed by atoms with Gasteiger partial charge in [0.05, 0.1) is 11.5 Å². The Labute approximate surface area is 142 Å². The van der Waals surface area contributed by atoms with Crippen LogP contribution in [0.5, 0.6) is 0 Å². The average Bonchev–Trinajstić information content (AvgIpc) is 2.93. The number of urea groups is 1. The van der Waals surface area contributed by atoms with E-state index in [9.17, 15) is 13.2 Å². The number of anilines is 1. The van der Waals surface area contributed by atoms with Crippen LogP contribution < -0.4 is 4.90 Å². The molecule has 2 amide bonds. The van der Waals surface area contributed by atoms with Crippen molar-refractivity contribution in [1.82, 2.24) is 19.8 Å². The van der Waals surface area contributed by atoms with E-state index < -0.39 is 9.84 Å². The van der Waals surface area contributed by atoms with Gasteiger partial charge in [0.15, 0.2) is 9.84 Å². The average molecular weight is 353 g/mol. The van der Waals surface area contributed by atoms with E-state index in [0.717, 1.165) is 18.9 Å². The fourth-order valence-electron chi connectivity index (χ4n) is 3.32. The van der Waals surface area contributed by atoms with Crippen LogP contribution in [0.25, 0.3) is 0 Å². The number of amides is 2. The standard InChI is InChI=1S/C15H23N5O3S/c1-18(10-13-3-9-24(22,23)11-13)15(21)20-7-5-19(6-8-20)14-2-4-16-12-17-14/h2,4,12-13H,3,5-11H2,1H3. The van der Waals surface area contributed by atoms with Crippen LogP contribution in [-0.4, -0.2) is 85.5 Å². The normalized spacial score (nSPS) is 23.3. The molecule has 0 aromatic carbocycles. The second-order valence-corrected chi connectivity index (χ2v) is 8.70. The van der Waals surface area contributed by atoms with Crippen molar-refractivity contribution >= 4 is 21.7 Å². The summed E-state index contributed by atoms with van der Waals surface area (Å²) in [5.41, 5.74) is 0. The summed E-state index contributed by atoms with van der Waals surface area (Å²) in [5.74, 6) is 1.39. The Morgan fingerprint density at radius 1 is 1.33 bits per heavy atom. The molecular weight excluding hydrogens is 330 g/mol. The molecule has 0 aliphatic carbocycles. The van der Waals surface area contributed by atoms with Gasteiger partial charge in [-0.05, 0) is 18.4 Å². The van der Waals surface area contributed by atoms with Crippen LogP contribution in [0, 0.1) is 5.92 Å². The number of hydrogen-bond acceptors (Lipinski definition) is 6. The molecule has 3 rings (SSSR count). The number of sulfone groups is 1. The van der Waals surface area contributed by atoms with Crippen LogP contribution in [0.3, 0.4) is 0 Å². The third-order valence-electron chi connectivity index (χ3n) is 4.63. The number of nitrogens with zero attached hydrogens (tertiary/aromatic N) is 5. The molecule has 1 unspecified atom stereocenters. The zero-order valence-electron chi connectivity index (χ0n) is 13.8. The topological polar surface area (TPSA) is 86.7 Å². The fourth-order valence-corrected chi connectivity index (χ4v) is 5.17. The van der Waals surface area contributed by atoms with E-state index in [2.05, 4.69) is 14.9 Å². The highest BCUT2D eigenvalue weighted by Crippen LogP contribution is 2.20. The molecule has 8 nitrogen and oxygen atoms in total.